The van der Waals surface area contributed by atoms with Crippen molar-refractivity contribution in [2.45, 2.75) is 30.9 Å². The van der Waals surface area contributed by atoms with Crippen LogP contribution >= 0.6 is 27.3 Å². The smallest absolute Gasteiger partial charge is 0.210 e. The van der Waals surface area contributed by atoms with Gasteiger partial charge in [-0.25, -0.2) is 13.1 Å². The van der Waals surface area contributed by atoms with Crippen molar-refractivity contribution in [3.63, 3.8) is 0 Å². The van der Waals surface area contributed by atoms with E-state index < -0.39 is 10.0 Å². The Morgan fingerprint density at radius 3 is 2.62 bits per heavy atom. The third-order valence-electron chi connectivity index (χ3n) is 2.89. The number of hydrogen-bond donors (Lipinski definition) is 1. The minimum Gasteiger partial charge on any atom is -0.210 e. The van der Waals surface area contributed by atoms with Crippen LogP contribution in [0.15, 0.2) is 14.1 Å². The fraction of sp³-hybridized carbons (Fsp3) is 0.600. The summed E-state index contributed by atoms with van der Waals surface area (Å²) < 4.78 is 27.9. The Kier molecular flexibility index (Phi) is 3.20. The van der Waals surface area contributed by atoms with Crippen molar-refractivity contribution >= 4 is 37.3 Å². The molecule has 0 atom stereocenters. The van der Waals surface area contributed by atoms with Gasteiger partial charge in [-0.15, -0.1) is 11.3 Å². The fourth-order valence-electron chi connectivity index (χ4n) is 1.29. The highest BCUT2D eigenvalue weighted by Gasteiger charge is 2.38. The monoisotopic (exact) mass is 323 g/mol. The molecule has 0 aromatic carbocycles. The summed E-state index contributed by atoms with van der Waals surface area (Å²) in [5.74, 6) is 0. The molecule has 0 radical (unpaired) electrons. The molecule has 16 heavy (non-hydrogen) atoms. The van der Waals surface area contributed by atoms with Crippen molar-refractivity contribution in [2.75, 3.05) is 6.54 Å². The van der Waals surface area contributed by atoms with E-state index in [4.69, 9.17) is 0 Å². The van der Waals surface area contributed by atoms with E-state index in [1.165, 1.54) is 11.3 Å². The van der Waals surface area contributed by atoms with E-state index in [0.717, 1.165) is 22.2 Å². The molecule has 0 aliphatic heterocycles. The van der Waals surface area contributed by atoms with Crippen LogP contribution in [-0.2, 0) is 10.0 Å². The Labute approximate surface area is 108 Å². The summed E-state index contributed by atoms with van der Waals surface area (Å²) >= 11 is 4.60. The molecule has 6 heteroatoms. The zero-order valence-corrected chi connectivity index (χ0v) is 12.4. The third-order valence-corrected chi connectivity index (χ3v) is 6.90. The van der Waals surface area contributed by atoms with Gasteiger partial charge >= 0.3 is 0 Å². The highest BCUT2D eigenvalue weighted by Crippen LogP contribution is 2.44. The predicted molar refractivity (Wildman–Crippen MR) is 69.3 cm³/mol. The average Bonchev–Trinajstić information content (AvgIpc) is 2.84. The SMILES string of the molecule is Cc1cc(S(=O)(=O)NCC2(C)CC2)sc1Br. The maximum Gasteiger partial charge on any atom is 0.250 e. The van der Waals surface area contributed by atoms with Crippen molar-refractivity contribution in [3.8, 4) is 0 Å². The highest BCUT2D eigenvalue weighted by molar-refractivity contribution is 9.11. The van der Waals surface area contributed by atoms with E-state index in [9.17, 15) is 8.42 Å². The van der Waals surface area contributed by atoms with Crippen LogP contribution in [0.4, 0.5) is 0 Å². The van der Waals surface area contributed by atoms with Crippen LogP contribution in [0.2, 0.25) is 0 Å². The van der Waals surface area contributed by atoms with Gasteiger partial charge in [0, 0.05) is 6.54 Å². The summed E-state index contributed by atoms with van der Waals surface area (Å²) in [6.07, 6.45) is 2.23. The van der Waals surface area contributed by atoms with Crippen molar-refractivity contribution in [1.82, 2.24) is 4.72 Å². The molecule has 1 aliphatic carbocycles. The van der Waals surface area contributed by atoms with Crippen molar-refractivity contribution in [3.05, 3.63) is 15.4 Å². The Balaban J connectivity index is 2.12. The minimum absolute atomic E-state index is 0.191. The molecule has 1 saturated carbocycles. The second kappa shape index (κ2) is 4.08. The molecule has 0 saturated heterocycles. The van der Waals surface area contributed by atoms with Gasteiger partial charge in [0.05, 0.1) is 3.79 Å². The van der Waals surface area contributed by atoms with Gasteiger partial charge in [0.2, 0.25) is 10.0 Å². The first-order valence-corrected chi connectivity index (χ1v) is 8.17. The molecule has 1 N–H and O–H groups in total. The normalized spacial score (nSPS) is 18.7. The molecular weight excluding hydrogens is 310 g/mol. The summed E-state index contributed by atoms with van der Waals surface area (Å²) in [5, 5.41) is 0. The Bertz CT molecular complexity index is 483. The van der Waals surface area contributed by atoms with Crippen LogP contribution in [0.3, 0.4) is 0 Å². The number of nitrogens with one attached hydrogen (secondary N) is 1. The molecule has 0 amide bonds. The molecule has 1 fully saturated rings. The summed E-state index contributed by atoms with van der Waals surface area (Å²) in [7, 11) is -3.32. The first-order valence-electron chi connectivity index (χ1n) is 5.08. The summed E-state index contributed by atoms with van der Waals surface area (Å²) in [6, 6.07) is 1.70. The van der Waals surface area contributed by atoms with Gasteiger partial charge < -0.3 is 0 Å². The fourth-order valence-corrected chi connectivity index (χ4v) is 4.76. The van der Waals surface area contributed by atoms with Gasteiger partial charge in [-0.05, 0) is 52.7 Å². The van der Waals surface area contributed by atoms with E-state index in [1.54, 1.807) is 6.07 Å². The summed E-state index contributed by atoms with van der Waals surface area (Å²) in [4.78, 5) is 0. The maximum atomic E-state index is 12.0. The van der Waals surface area contributed by atoms with Gasteiger partial charge in [0.15, 0.2) is 0 Å². The van der Waals surface area contributed by atoms with E-state index in [-0.39, 0.29) is 5.41 Å². The van der Waals surface area contributed by atoms with E-state index in [2.05, 4.69) is 27.6 Å². The van der Waals surface area contributed by atoms with Crippen molar-refractivity contribution in [2.24, 2.45) is 5.41 Å². The zero-order valence-electron chi connectivity index (χ0n) is 9.21. The van der Waals surface area contributed by atoms with Gasteiger partial charge in [-0.1, -0.05) is 6.92 Å². The van der Waals surface area contributed by atoms with E-state index in [1.807, 2.05) is 6.92 Å². The lowest BCUT2D eigenvalue weighted by molar-refractivity contribution is 0.531. The first-order chi connectivity index (χ1) is 7.32. The quantitative estimate of drug-likeness (QED) is 0.926. The largest absolute Gasteiger partial charge is 0.250 e. The zero-order chi connectivity index (χ0) is 12.0. The number of thiophene rings is 1. The van der Waals surface area contributed by atoms with Gasteiger partial charge in [0.25, 0.3) is 0 Å². The van der Waals surface area contributed by atoms with Crippen molar-refractivity contribution in [1.29, 1.82) is 0 Å². The van der Waals surface area contributed by atoms with Gasteiger partial charge in [-0.2, -0.15) is 0 Å². The number of halogens is 1. The minimum atomic E-state index is -3.32. The van der Waals surface area contributed by atoms with Crippen LogP contribution in [0.5, 0.6) is 0 Å². The molecule has 1 aliphatic rings. The van der Waals surface area contributed by atoms with Crippen molar-refractivity contribution < 1.29 is 8.42 Å². The Hall–Kier alpha value is 0.0900. The maximum absolute atomic E-state index is 12.0. The molecule has 1 aromatic rings. The molecular formula is C10H14BrNO2S2. The molecule has 0 bridgehead atoms. The lowest BCUT2D eigenvalue weighted by Crippen LogP contribution is -2.28. The molecule has 90 valence electrons. The highest BCUT2D eigenvalue weighted by atomic mass is 79.9. The Morgan fingerprint density at radius 2 is 2.19 bits per heavy atom. The van der Waals surface area contributed by atoms with Crippen LogP contribution < -0.4 is 4.72 Å². The van der Waals surface area contributed by atoms with Crippen LogP contribution in [0.25, 0.3) is 0 Å². The number of sulfonamides is 1. The van der Waals surface area contributed by atoms with Gasteiger partial charge in [-0.3, -0.25) is 0 Å². The third kappa shape index (κ3) is 2.67. The molecule has 0 spiro atoms. The van der Waals surface area contributed by atoms with E-state index >= 15 is 0 Å². The predicted octanol–water partition coefficient (Wildman–Crippen LogP) is 2.90. The summed E-state index contributed by atoms with van der Waals surface area (Å²) in [5.41, 5.74) is 1.15. The topological polar surface area (TPSA) is 46.2 Å². The lowest BCUT2D eigenvalue weighted by atomic mass is 10.2. The average molecular weight is 324 g/mol. The number of rotatable bonds is 4. The van der Waals surface area contributed by atoms with Crippen LogP contribution in [0, 0.1) is 12.3 Å². The second-order valence-electron chi connectivity index (χ2n) is 4.66. The number of aryl methyl sites for hydroxylation is 1. The van der Waals surface area contributed by atoms with E-state index in [0.29, 0.717) is 10.8 Å². The first kappa shape index (κ1) is 12.5. The van der Waals surface area contributed by atoms with Crippen LogP contribution in [-0.4, -0.2) is 15.0 Å². The number of hydrogen-bond acceptors (Lipinski definition) is 3. The Morgan fingerprint density at radius 1 is 1.56 bits per heavy atom. The van der Waals surface area contributed by atoms with Crippen LogP contribution in [0.1, 0.15) is 25.3 Å². The molecule has 1 heterocycles. The molecule has 1 aromatic heterocycles. The van der Waals surface area contributed by atoms with Gasteiger partial charge in [0.1, 0.15) is 4.21 Å². The summed E-state index contributed by atoms with van der Waals surface area (Å²) in [6.45, 7) is 4.54. The lowest BCUT2D eigenvalue weighted by Gasteiger charge is -2.09. The molecule has 0 unspecified atom stereocenters. The standard InChI is InChI=1S/C10H14BrNO2S2/c1-7-5-8(15-9(7)11)16(13,14)12-6-10(2)3-4-10/h5,12H,3-4,6H2,1-2H3. The molecule has 2 rings (SSSR count). The second-order valence-corrected chi connectivity index (χ2v) is 9.02. The molecule has 3 nitrogen and oxygen atoms in total.